The van der Waals surface area contributed by atoms with Crippen LogP contribution in [0.15, 0.2) is 53.0 Å². The fourth-order valence-electron chi connectivity index (χ4n) is 3.01. The predicted octanol–water partition coefficient (Wildman–Crippen LogP) is 3.84. The van der Waals surface area contributed by atoms with Crippen molar-refractivity contribution in [3.63, 3.8) is 0 Å². The van der Waals surface area contributed by atoms with Crippen molar-refractivity contribution < 1.29 is 18.7 Å². The summed E-state index contributed by atoms with van der Waals surface area (Å²) in [5.41, 5.74) is 0.746. The van der Waals surface area contributed by atoms with Crippen LogP contribution >= 0.6 is 15.9 Å². The number of anilines is 1. The monoisotopic (exact) mass is 434 g/mol. The van der Waals surface area contributed by atoms with Gasteiger partial charge in [0.05, 0.1) is 10.4 Å². The lowest BCUT2D eigenvalue weighted by Gasteiger charge is -2.32. The van der Waals surface area contributed by atoms with Gasteiger partial charge in [-0.05, 0) is 59.1 Å². The van der Waals surface area contributed by atoms with Crippen molar-refractivity contribution in [2.45, 2.75) is 12.8 Å². The summed E-state index contributed by atoms with van der Waals surface area (Å²) in [5.74, 6) is -0.506. The number of carbonyl (C=O) groups is 2. The van der Waals surface area contributed by atoms with E-state index >= 15 is 0 Å². The number of rotatable bonds is 5. The average molecular weight is 435 g/mol. The summed E-state index contributed by atoms with van der Waals surface area (Å²) in [7, 11) is 0. The Kier molecular flexibility index (Phi) is 6.45. The zero-order valence-corrected chi connectivity index (χ0v) is 16.2. The quantitative estimate of drug-likeness (QED) is 0.777. The Morgan fingerprint density at radius 1 is 1.22 bits per heavy atom. The van der Waals surface area contributed by atoms with E-state index in [1.165, 1.54) is 18.2 Å². The Balaban J connectivity index is 1.53. The number of nitrogens with one attached hydrogen (secondary N) is 1. The fraction of sp³-hybridized carbons (Fsp3) is 0.300. The fourth-order valence-corrected chi connectivity index (χ4v) is 3.47. The van der Waals surface area contributed by atoms with Gasteiger partial charge >= 0.3 is 0 Å². The van der Waals surface area contributed by atoms with E-state index in [1.807, 2.05) is 30.3 Å². The minimum atomic E-state index is -0.385. The molecular weight excluding hydrogens is 415 g/mol. The van der Waals surface area contributed by atoms with Crippen molar-refractivity contribution >= 4 is 33.4 Å². The number of ether oxygens (including phenoxy) is 1. The van der Waals surface area contributed by atoms with Crippen molar-refractivity contribution in [1.82, 2.24) is 4.90 Å². The number of nitrogens with zero attached hydrogens (tertiary/aromatic N) is 1. The Hall–Kier alpha value is -2.41. The first-order chi connectivity index (χ1) is 13.0. The molecule has 2 aromatic rings. The second-order valence-corrected chi connectivity index (χ2v) is 7.25. The second-order valence-electron chi connectivity index (χ2n) is 6.40. The van der Waals surface area contributed by atoms with Gasteiger partial charge < -0.3 is 15.0 Å². The molecule has 3 rings (SSSR count). The maximum atomic E-state index is 13.1. The number of carbonyl (C=O) groups excluding carboxylic acids is 2. The Morgan fingerprint density at radius 2 is 2.00 bits per heavy atom. The van der Waals surface area contributed by atoms with Gasteiger partial charge in [-0.2, -0.15) is 0 Å². The molecule has 142 valence electrons. The number of piperidine rings is 1. The highest BCUT2D eigenvalue weighted by Gasteiger charge is 2.28. The minimum absolute atomic E-state index is 0.0825. The maximum Gasteiger partial charge on any atom is 0.260 e. The third-order valence-corrected chi connectivity index (χ3v) is 5.05. The van der Waals surface area contributed by atoms with E-state index in [4.69, 9.17) is 4.74 Å². The van der Waals surface area contributed by atoms with Crippen LogP contribution in [0.2, 0.25) is 0 Å². The highest BCUT2D eigenvalue weighted by molar-refractivity contribution is 9.10. The van der Waals surface area contributed by atoms with E-state index in [2.05, 4.69) is 21.2 Å². The van der Waals surface area contributed by atoms with Gasteiger partial charge in [-0.3, -0.25) is 9.59 Å². The molecular formula is C20H20BrFN2O3. The molecule has 0 aliphatic carbocycles. The Morgan fingerprint density at radius 3 is 2.74 bits per heavy atom. The SMILES string of the molecule is O=C(Nc1ccccc1)C1CCCN(C(=O)COc2ccc(F)cc2Br)C1. The predicted molar refractivity (Wildman–Crippen MR) is 104 cm³/mol. The standard InChI is InChI=1S/C20H20BrFN2O3/c21-17-11-15(22)8-9-18(17)27-13-19(25)24-10-4-5-14(12-24)20(26)23-16-6-2-1-3-7-16/h1-3,6-9,11,14H,4-5,10,12-13H2,(H,23,26). The summed E-state index contributed by atoms with van der Waals surface area (Å²) in [6.45, 7) is 0.810. The van der Waals surface area contributed by atoms with Crippen molar-refractivity contribution in [1.29, 1.82) is 0 Å². The number of halogens is 2. The van der Waals surface area contributed by atoms with E-state index in [-0.39, 0.29) is 30.2 Å². The van der Waals surface area contributed by atoms with Gasteiger partial charge in [0.15, 0.2) is 6.61 Å². The minimum Gasteiger partial charge on any atom is -0.483 e. The van der Waals surface area contributed by atoms with Crippen LogP contribution in [0.5, 0.6) is 5.75 Å². The number of hydrogen-bond acceptors (Lipinski definition) is 3. The zero-order valence-electron chi connectivity index (χ0n) is 14.7. The molecule has 2 aromatic carbocycles. The normalized spacial score (nSPS) is 16.7. The number of para-hydroxylation sites is 1. The van der Waals surface area contributed by atoms with Crippen LogP contribution in [0.1, 0.15) is 12.8 Å². The third kappa shape index (κ3) is 5.29. The first-order valence-electron chi connectivity index (χ1n) is 8.74. The Labute approximate surface area is 165 Å². The molecule has 0 bridgehead atoms. The van der Waals surface area contributed by atoms with Crippen LogP contribution in [0.3, 0.4) is 0 Å². The van der Waals surface area contributed by atoms with Gasteiger partial charge in [-0.1, -0.05) is 18.2 Å². The number of hydrogen-bond donors (Lipinski definition) is 1. The molecule has 0 radical (unpaired) electrons. The van der Waals surface area contributed by atoms with Gasteiger partial charge in [-0.15, -0.1) is 0 Å². The molecule has 1 saturated heterocycles. The third-order valence-electron chi connectivity index (χ3n) is 4.43. The molecule has 1 aliphatic rings. The van der Waals surface area contributed by atoms with E-state index in [1.54, 1.807) is 4.90 Å². The summed E-state index contributed by atoms with van der Waals surface area (Å²) in [4.78, 5) is 26.6. The lowest BCUT2D eigenvalue weighted by Crippen LogP contribution is -2.45. The molecule has 0 saturated carbocycles. The first kappa shape index (κ1) is 19.4. The molecule has 27 heavy (non-hydrogen) atoms. The summed E-state index contributed by atoms with van der Waals surface area (Å²) < 4.78 is 19.1. The van der Waals surface area contributed by atoms with Crippen molar-refractivity contribution in [3.8, 4) is 5.75 Å². The first-order valence-corrected chi connectivity index (χ1v) is 9.54. The van der Waals surface area contributed by atoms with E-state index in [0.29, 0.717) is 23.3 Å². The van der Waals surface area contributed by atoms with E-state index in [0.717, 1.165) is 18.5 Å². The van der Waals surface area contributed by atoms with Crippen LogP contribution in [0.25, 0.3) is 0 Å². The Bertz CT molecular complexity index is 816. The maximum absolute atomic E-state index is 13.1. The largest absolute Gasteiger partial charge is 0.483 e. The van der Waals surface area contributed by atoms with Crippen LogP contribution in [-0.4, -0.2) is 36.4 Å². The van der Waals surface area contributed by atoms with Gasteiger partial charge in [0.25, 0.3) is 5.91 Å². The molecule has 0 spiro atoms. The average Bonchev–Trinajstić information content (AvgIpc) is 2.68. The summed E-state index contributed by atoms with van der Waals surface area (Å²) in [5, 5.41) is 2.89. The second kappa shape index (κ2) is 8.99. The zero-order chi connectivity index (χ0) is 19.2. The molecule has 5 nitrogen and oxygen atoms in total. The molecule has 1 heterocycles. The number of likely N-dealkylation sites (tertiary alicyclic amines) is 1. The van der Waals surface area contributed by atoms with E-state index in [9.17, 15) is 14.0 Å². The molecule has 7 heteroatoms. The lowest BCUT2D eigenvalue weighted by molar-refractivity contribution is -0.136. The molecule has 1 unspecified atom stereocenters. The van der Waals surface area contributed by atoms with Crippen LogP contribution in [0, 0.1) is 11.7 Å². The lowest BCUT2D eigenvalue weighted by atomic mass is 9.97. The smallest absolute Gasteiger partial charge is 0.260 e. The van der Waals surface area contributed by atoms with Crippen LogP contribution in [0.4, 0.5) is 10.1 Å². The van der Waals surface area contributed by atoms with Crippen LogP contribution < -0.4 is 10.1 Å². The highest BCUT2D eigenvalue weighted by Crippen LogP contribution is 2.26. The highest BCUT2D eigenvalue weighted by atomic mass is 79.9. The number of amides is 2. The molecule has 1 atom stereocenters. The summed E-state index contributed by atoms with van der Waals surface area (Å²) >= 11 is 3.21. The van der Waals surface area contributed by atoms with Crippen molar-refractivity contribution in [2.24, 2.45) is 5.92 Å². The molecule has 1 N–H and O–H groups in total. The molecule has 0 aromatic heterocycles. The topological polar surface area (TPSA) is 58.6 Å². The summed E-state index contributed by atoms with van der Waals surface area (Å²) in [6, 6.07) is 13.3. The molecule has 1 fully saturated rings. The molecule has 1 aliphatic heterocycles. The molecule has 2 amide bonds. The summed E-state index contributed by atoms with van der Waals surface area (Å²) in [6.07, 6.45) is 1.51. The van der Waals surface area contributed by atoms with Crippen molar-refractivity contribution in [2.75, 3.05) is 25.0 Å². The van der Waals surface area contributed by atoms with Gasteiger partial charge in [0, 0.05) is 18.8 Å². The van der Waals surface area contributed by atoms with E-state index < -0.39 is 0 Å². The van der Waals surface area contributed by atoms with Crippen molar-refractivity contribution in [3.05, 3.63) is 58.8 Å². The van der Waals surface area contributed by atoms with Crippen LogP contribution in [-0.2, 0) is 9.59 Å². The van der Waals surface area contributed by atoms with Gasteiger partial charge in [-0.25, -0.2) is 4.39 Å². The number of benzene rings is 2. The van der Waals surface area contributed by atoms with Gasteiger partial charge in [0.2, 0.25) is 5.91 Å². The van der Waals surface area contributed by atoms with Gasteiger partial charge in [0.1, 0.15) is 11.6 Å².